The molecular formula is C14H13F2NO3S. The van der Waals surface area contributed by atoms with E-state index in [4.69, 9.17) is 5.26 Å². The number of rotatable bonds is 1. The molecule has 2 heterocycles. The molecule has 0 spiro atoms. The molecule has 2 unspecified atom stereocenters. The molecule has 0 aliphatic carbocycles. The largest absolute Gasteiger partial charge is 0.385 e. The molecule has 0 saturated carbocycles. The van der Waals surface area contributed by atoms with Crippen molar-refractivity contribution in [2.75, 3.05) is 0 Å². The van der Waals surface area contributed by atoms with Crippen LogP contribution in [-0.2, 0) is 15.4 Å². The maximum atomic E-state index is 13.7. The van der Waals surface area contributed by atoms with Gasteiger partial charge in [-0.05, 0) is 43.4 Å². The molecule has 1 N–H and O–H groups in total. The fourth-order valence-electron chi connectivity index (χ4n) is 3.43. The normalized spacial score (nSPS) is 33.6. The first-order chi connectivity index (χ1) is 9.78. The Kier molecular flexibility index (Phi) is 3.08. The van der Waals surface area contributed by atoms with Crippen LogP contribution in [0.15, 0.2) is 12.1 Å². The Morgan fingerprint density at radius 3 is 2.10 bits per heavy atom. The second kappa shape index (κ2) is 4.49. The van der Waals surface area contributed by atoms with E-state index in [2.05, 4.69) is 0 Å². The SMILES string of the molecule is N#Cc1c(F)cc(C2(O)CC3CCC(C2)S3(=O)=O)cc1F. The van der Waals surface area contributed by atoms with Gasteiger partial charge < -0.3 is 5.11 Å². The van der Waals surface area contributed by atoms with Crippen molar-refractivity contribution < 1.29 is 22.3 Å². The summed E-state index contributed by atoms with van der Waals surface area (Å²) in [5.41, 5.74) is -2.26. The highest BCUT2D eigenvalue weighted by Crippen LogP contribution is 2.47. The van der Waals surface area contributed by atoms with Gasteiger partial charge in [0.05, 0.1) is 16.1 Å². The molecule has 112 valence electrons. The standard InChI is InChI=1S/C14H13F2NO3S/c15-12-3-8(4-13(16)11(12)7-17)14(18)5-9-1-2-10(6-14)21(9,19)20/h3-4,9-10,18H,1-2,5-6H2. The van der Waals surface area contributed by atoms with Crippen LogP contribution in [-0.4, -0.2) is 24.0 Å². The fourth-order valence-corrected chi connectivity index (χ4v) is 5.92. The van der Waals surface area contributed by atoms with Crippen molar-refractivity contribution in [1.29, 1.82) is 5.26 Å². The Morgan fingerprint density at radius 2 is 1.67 bits per heavy atom. The lowest BCUT2D eigenvalue weighted by atomic mass is 9.85. The Balaban J connectivity index is 2.04. The summed E-state index contributed by atoms with van der Waals surface area (Å²) in [6.07, 6.45) is 0.820. The Hall–Kier alpha value is -1.52. The number of fused-ring (bicyclic) bond motifs is 2. The van der Waals surface area contributed by atoms with Crippen LogP contribution in [0.3, 0.4) is 0 Å². The maximum absolute atomic E-state index is 13.7. The molecule has 1 aromatic rings. The first kappa shape index (κ1) is 14.4. The molecule has 2 bridgehead atoms. The Morgan fingerprint density at radius 1 is 1.19 bits per heavy atom. The van der Waals surface area contributed by atoms with Crippen LogP contribution < -0.4 is 0 Å². The smallest absolute Gasteiger partial charge is 0.156 e. The van der Waals surface area contributed by atoms with Crippen LogP contribution in [0.1, 0.15) is 36.8 Å². The fraction of sp³-hybridized carbons (Fsp3) is 0.500. The lowest BCUT2D eigenvalue weighted by Crippen LogP contribution is -2.43. The van der Waals surface area contributed by atoms with E-state index < -0.39 is 43.1 Å². The summed E-state index contributed by atoms with van der Waals surface area (Å²) in [5, 5.41) is 18.0. The van der Waals surface area contributed by atoms with Gasteiger partial charge in [0.2, 0.25) is 0 Å². The summed E-state index contributed by atoms with van der Waals surface area (Å²) in [6, 6.07) is 3.28. The summed E-state index contributed by atoms with van der Waals surface area (Å²) in [5.74, 6) is -2.08. The van der Waals surface area contributed by atoms with Crippen molar-refractivity contribution in [2.24, 2.45) is 0 Å². The average molecular weight is 313 g/mol. The summed E-state index contributed by atoms with van der Waals surface area (Å²) >= 11 is 0. The lowest BCUT2D eigenvalue weighted by molar-refractivity contribution is 0.0167. The third kappa shape index (κ3) is 2.05. The number of aliphatic hydroxyl groups is 1. The molecule has 2 aliphatic rings. The second-order valence-electron chi connectivity index (χ2n) is 5.78. The van der Waals surface area contributed by atoms with Crippen molar-refractivity contribution >= 4 is 9.84 Å². The molecule has 2 aliphatic heterocycles. The monoisotopic (exact) mass is 313 g/mol. The molecule has 21 heavy (non-hydrogen) atoms. The van der Waals surface area contributed by atoms with E-state index in [9.17, 15) is 22.3 Å². The van der Waals surface area contributed by atoms with Crippen LogP contribution in [0, 0.1) is 23.0 Å². The molecular weight excluding hydrogens is 300 g/mol. The van der Waals surface area contributed by atoms with Crippen molar-refractivity contribution in [3.8, 4) is 6.07 Å². The minimum Gasteiger partial charge on any atom is -0.385 e. The molecule has 2 atom stereocenters. The van der Waals surface area contributed by atoms with Crippen molar-refractivity contribution in [3.63, 3.8) is 0 Å². The molecule has 2 saturated heterocycles. The highest BCUT2D eigenvalue weighted by molar-refractivity contribution is 7.93. The number of nitriles is 1. The topological polar surface area (TPSA) is 78.2 Å². The van der Waals surface area contributed by atoms with E-state index in [0.717, 1.165) is 12.1 Å². The molecule has 7 heteroatoms. The van der Waals surface area contributed by atoms with E-state index in [0.29, 0.717) is 12.8 Å². The number of halogens is 2. The highest BCUT2D eigenvalue weighted by atomic mass is 32.2. The van der Waals surface area contributed by atoms with Crippen LogP contribution in [0.4, 0.5) is 8.78 Å². The zero-order valence-electron chi connectivity index (χ0n) is 11.0. The number of sulfone groups is 1. The van der Waals surface area contributed by atoms with Gasteiger partial charge in [0.25, 0.3) is 0 Å². The van der Waals surface area contributed by atoms with E-state index in [1.54, 1.807) is 0 Å². The zero-order valence-corrected chi connectivity index (χ0v) is 11.8. The number of hydrogen-bond donors (Lipinski definition) is 1. The molecule has 1 aromatic carbocycles. The third-order valence-corrected chi connectivity index (χ3v) is 7.23. The van der Waals surface area contributed by atoms with Crippen molar-refractivity contribution in [1.82, 2.24) is 0 Å². The predicted octanol–water partition coefficient (Wildman–Crippen LogP) is 1.76. The number of hydrogen-bond acceptors (Lipinski definition) is 4. The van der Waals surface area contributed by atoms with E-state index in [-0.39, 0.29) is 18.4 Å². The van der Waals surface area contributed by atoms with E-state index in [1.165, 1.54) is 6.07 Å². The summed E-state index contributed by atoms with van der Waals surface area (Å²) in [7, 11) is -3.24. The second-order valence-corrected chi connectivity index (χ2v) is 8.29. The molecule has 0 radical (unpaired) electrons. The minimum absolute atomic E-state index is 0.00306. The molecule has 3 rings (SSSR count). The maximum Gasteiger partial charge on any atom is 0.156 e. The average Bonchev–Trinajstić information content (AvgIpc) is 2.59. The van der Waals surface area contributed by atoms with Gasteiger partial charge in [0.1, 0.15) is 23.3 Å². The first-order valence-corrected chi connectivity index (χ1v) is 8.23. The number of nitrogens with zero attached hydrogens (tertiary/aromatic N) is 1. The Labute approximate surface area is 120 Å². The summed E-state index contributed by atoms with van der Waals surface area (Å²) in [6.45, 7) is 0. The van der Waals surface area contributed by atoms with Gasteiger partial charge >= 0.3 is 0 Å². The molecule has 0 amide bonds. The molecule has 0 aromatic heterocycles. The van der Waals surface area contributed by atoms with E-state index >= 15 is 0 Å². The van der Waals surface area contributed by atoms with E-state index in [1.807, 2.05) is 0 Å². The predicted molar refractivity (Wildman–Crippen MR) is 69.9 cm³/mol. The van der Waals surface area contributed by atoms with Gasteiger partial charge in [0.15, 0.2) is 9.84 Å². The van der Waals surface area contributed by atoms with Crippen LogP contribution in [0.2, 0.25) is 0 Å². The first-order valence-electron chi connectivity index (χ1n) is 6.62. The zero-order chi connectivity index (χ0) is 15.4. The highest BCUT2D eigenvalue weighted by Gasteiger charge is 2.53. The van der Waals surface area contributed by atoms with Gasteiger partial charge in [-0.2, -0.15) is 5.26 Å². The van der Waals surface area contributed by atoms with Gasteiger partial charge in [-0.25, -0.2) is 17.2 Å². The minimum atomic E-state index is -3.24. The van der Waals surface area contributed by atoms with Gasteiger partial charge in [-0.3, -0.25) is 0 Å². The van der Waals surface area contributed by atoms with Crippen LogP contribution >= 0.6 is 0 Å². The van der Waals surface area contributed by atoms with Crippen LogP contribution in [0.5, 0.6) is 0 Å². The Bertz CT molecular complexity index is 711. The molecule has 4 nitrogen and oxygen atoms in total. The van der Waals surface area contributed by atoms with Crippen LogP contribution in [0.25, 0.3) is 0 Å². The van der Waals surface area contributed by atoms with Gasteiger partial charge in [0, 0.05) is 0 Å². The third-order valence-electron chi connectivity index (χ3n) is 4.56. The van der Waals surface area contributed by atoms with Gasteiger partial charge in [-0.15, -0.1) is 0 Å². The summed E-state index contributed by atoms with van der Waals surface area (Å²) in [4.78, 5) is 0. The summed E-state index contributed by atoms with van der Waals surface area (Å²) < 4.78 is 51.5. The quantitative estimate of drug-likeness (QED) is 0.857. The van der Waals surface area contributed by atoms with Crippen molar-refractivity contribution in [2.45, 2.75) is 41.8 Å². The lowest BCUT2D eigenvalue weighted by Gasteiger charge is -2.36. The number of benzene rings is 1. The van der Waals surface area contributed by atoms with Gasteiger partial charge in [-0.1, -0.05) is 0 Å². The van der Waals surface area contributed by atoms with Crippen molar-refractivity contribution in [3.05, 3.63) is 34.9 Å². The molecule has 2 fully saturated rings.